The first kappa shape index (κ1) is 18.5. The van der Waals surface area contributed by atoms with E-state index in [1.807, 2.05) is 41.5 Å². The summed E-state index contributed by atoms with van der Waals surface area (Å²) in [5, 5.41) is 0. The van der Waals surface area contributed by atoms with Gasteiger partial charge in [-0.25, -0.2) is 5.82 Å². The smallest absolute Gasteiger partial charge is 0.457 e. The van der Waals surface area contributed by atoms with Crippen LogP contribution >= 0.6 is 0 Å². The molecule has 19 heavy (non-hydrogen) atoms. The molecule has 0 aromatic heterocycles. The van der Waals surface area contributed by atoms with E-state index in [4.69, 9.17) is 14.0 Å². The molecule has 0 aliphatic heterocycles. The predicted molar refractivity (Wildman–Crippen MR) is 81.7 cm³/mol. The van der Waals surface area contributed by atoms with Gasteiger partial charge in [-0.15, -0.1) is 5.92 Å². The van der Waals surface area contributed by atoms with Gasteiger partial charge in [0.2, 0.25) is 0 Å². The molecule has 0 N–H and O–H groups in total. The fraction of sp³-hybridized carbons (Fsp3) is 0.867. The molecule has 0 aromatic carbocycles. The van der Waals surface area contributed by atoms with Crippen LogP contribution in [-0.2, 0) is 14.0 Å². The van der Waals surface area contributed by atoms with Crippen LogP contribution in [0.2, 0.25) is 0 Å². The Morgan fingerprint density at radius 1 is 0.842 bits per heavy atom. The SMILES string of the molecule is CCCCC#C[B-](OC(C)C)(OC(C)C)OC(C)C. The molecule has 0 rings (SSSR count). The van der Waals surface area contributed by atoms with Gasteiger partial charge in [0, 0.05) is 24.7 Å². The first-order valence-electron chi connectivity index (χ1n) is 7.48. The van der Waals surface area contributed by atoms with Gasteiger partial charge in [-0.05, 0) is 48.0 Å². The Hall–Kier alpha value is -0.495. The van der Waals surface area contributed by atoms with Crippen LogP contribution in [0.1, 0.15) is 67.7 Å². The van der Waals surface area contributed by atoms with Gasteiger partial charge in [0.25, 0.3) is 0 Å². The topological polar surface area (TPSA) is 27.7 Å². The summed E-state index contributed by atoms with van der Waals surface area (Å²) in [6.07, 6.45) is 3.11. The van der Waals surface area contributed by atoms with Crippen LogP contribution < -0.4 is 0 Å². The fourth-order valence-corrected chi connectivity index (χ4v) is 1.74. The number of unbranched alkanes of at least 4 members (excludes halogenated alkanes) is 2. The number of hydrogen-bond donors (Lipinski definition) is 0. The van der Waals surface area contributed by atoms with Gasteiger partial charge in [0.1, 0.15) is 0 Å². The highest BCUT2D eigenvalue weighted by Crippen LogP contribution is 2.17. The molecule has 0 atom stereocenters. The van der Waals surface area contributed by atoms with E-state index < -0.39 is 6.75 Å². The van der Waals surface area contributed by atoms with E-state index >= 15 is 0 Å². The molecule has 0 amide bonds. The lowest BCUT2D eigenvalue weighted by Gasteiger charge is -2.42. The third kappa shape index (κ3) is 9.10. The minimum absolute atomic E-state index is 0.0120. The second-order valence-electron chi connectivity index (χ2n) is 5.62. The lowest BCUT2D eigenvalue weighted by atomic mass is 9.77. The molecule has 0 spiro atoms. The van der Waals surface area contributed by atoms with Crippen molar-refractivity contribution in [2.75, 3.05) is 0 Å². The summed E-state index contributed by atoms with van der Waals surface area (Å²) < 4.78 is 17.7. The van der Waals surface area contributed by atoms with E-state index in [1.54, 1.807) is 0 Å². The van der Waals surface area contributed by atoms with Crippen LogP contribution in [0.15, 0.2) is 0 Å². The predicted octanol–water partition coefficient (Wildman–Crippen LogP) is 3.93. The van der Waals surface area contributed by atoms with Gasteiger partial charge in [-0.3, -0.25) is 0 Å². The molecule has 0 saturated heterocycles. The van der Waals surface area contributed by atoms with Crippen molar-refractivity contribution in [3.05, 3.63) is 0 Å². The highest BCUT2D eigenvalue weighted by Gasteiger charge is 2.30. The second kappa shape index (κ2) is 9.42. The van der Waals surface area contributed by atoms with Gasteiger partial charge >= 0.3 is 6.75 Å². The monoisotopic (exact) mass is 269 g/mol. The van der Waals surface area contributed by atoms with Crippen LogP contribution in [0.3, 0.4) is 0 Å². The van der Waals surface area contributed by atoms with E-state index in [1.165, 1.54) is 0 Å². The van der Waals surface area contributed by atoms with E-state index in [0.717, 1.165) is 19.3 Å². The lowest BCUT2D eigenvalue weighted by Crippen LogP contribution is -2.50. The van der Waals surface area contributed by atoms with Crippen LogP contribution in [0.25, 0.3) is 0 Å². The Morgan fingerprint density at radius 2 is 1.26 bits per heavy atom. The number of hydrogen-bond acceptors (Lipinski definition) is 3. The molecule has 0 aliphatic carbocycles. The van der Waals surface area contributed by atoms with Crippen molar-refractivity contribution in [2.24, 2.45) is 0 Å². The molecule has 0 aromatic rings. The first-order chi connectivity index (χ1) is 8.81. The first-order valence-corrected chi connectivity index (χ1v) is 7.48. The van der Waals surface area contributed by atoms with E-state index in [9.17, 15) is 0 Å². The summed E-state index contributed by atoms with van der Waals surface area (Å²) in [5.41, 5.74) is 0. The third-order valence-electron chi connectivity index (χ3n) is 2.29. The summed E-state index contributed by atoms with van der Waals surface area (Å²) in [4.78, 5) is 0. The average molecular weight is 269 g/mol. The van der Waals surface area contributed by atoms with Crippen molar-refractivity contribution in [3.63, 3.8) is 0 Å². The van der Waals surface area contributed by atoms with Crippen LogP contribution in [-0.4, -0.2) is 25.1 Å². The number of rotatable bonds is 8. The summed E-state index contributed by atoms with van der Waals surface area (Å²) in [6, 6.07) is 0. The molecule has 0 radical (unpaired) electrons. The zero-order valence-electron chi connectivity index (χ0n) is 13.7. The van der Waals surface area contributed by atoms with Gasteiger partial charge in [0.05, 0.1) is 0 Å². The Balaban J connectivity index is 5.02. The summed E-state index contributed by atoms with van der Waals surface area (Å²) in [6.45, 7) is 12.0. The minimum atomic E-state index is -1.99. The lowest BCUT2D eigenvalue weighted by molar-refractivity contribution is 0.0163. The van der Waals surface area contributed by atoms with Crippen molar-refractivity contribution < 1.29 is 14.0 Å². The Kier molecular flexibility index (Phi) is 9.17. The van der Waals surface area contributed by atoms with Crippen molar-refractivity contribution in [3.8, 4) is 11.7 Å². The largest absolute Gasteiger partial charge is 0.532 e. The molecule has 0 heterocycles. The molecule has 112 valence electrons. The van der Waals surface area contributed by atoms with Crippen LogP contribution in [0, 0.1) is 11.7 Å². The molecule has 0 saturated carbocycles. The summed E-state index contributed by atoms with van der Waals surface area (Å²) in [7, 11) is 0. The molecule has 0 aliphatic rings. The Morgan fingerprint density at radius 3 is 1.58 bits per heavy atom. The van der Waals surface area contributed by atoms with Gasteiger partial charge < -0.3 is 14.0 Å². The highest BCUT2D eigenvalue weighted by molar-refractivity contribution is 6.69. The molecule has 4 heteroatoms. The van der Waals surface area contributed by atoms with Gasteiger partial charge in [-0.1, -0.05) is 13.3 Å². The fourth-order valence-electron chi connectivity index (χ4n) is 1.74. The Labute approximate surface area is 119 Å². The standard InChI is InChI=1S/C15H30BO3/c1-8-9-10-11-12-16(17-13(2)3,18-14(4)5)19-15(6)7/h13-15H,8-10H2,1-7H3/q-1. The Bertz CT molecular complexity index is 263. The van der Waals surface area contributed by atoms with E-state index in [2.05, 4.69) is 18.7 Å². The molecular weight excluding hydrogens is 239 g/mol. The molecule has 3 nitrogen and oxygen atoms in total. The quantitative estimate of drug-likeness (QED) is 0.379. The maximum atomic E-state index is 5.88. The van der Waals surface area contributed by atoms with Gasteiger partial charge in [0.15, 0.2) is 0 Å². The zero-order valence-corrected chi connectivity index (χ0v) is 13.7. The molecular formula is C15H30BO3-. The van der Waals surface area contributed by atoms with Crippen LogP contribution in [0.4, 0.5) is 0 Å². The minimum Gasteiger partial charge on any atom is -0.532 e. The van der Waals surface area contributed by atoms with Crippen LogP contribution in [0.5, 0.6) is 0 Å². The van der Waals surface area contributed by atoms with Crippen molar-refractivity contribution in [2.45, 2.75) is 86.0 Å². The molecule has 0 bridgehead atoms. The summed E-state index contributed by atoms with van der Waals surface area (Å²) in [5.74, 6) is 6.25. The zero-order chi connectivity index (χ0) is 14.9. The molecule has 0 unspecified atom stereocenters. The molecule has 0 fully saturated rings. The normalized spacial score (nSPS) is 12.1. The average Bonchev–Trinajstić information content (AvgIpc) is 2.21. The highest BCUT2D eigenvalue weighted by atomic mass is 16.8. The maximum absolute atomic E-state index is 5.88. The van der Waals surface area contributed by atoms with Crippen molar-refractivity contribution in [1.29, 1.82) is 0 Å². The van der Waals surface area contributed by atoms with E-state index in [-0.39, 0.29) is 18.3 Å². The van der Waals surface area contributed by atoms with E-state index in [0.29, 0.717) is 0 Å². The third-order valence-corrected chi connectivity index (χ3v) is 2.29. The maximum Gasteiger partial charge on any atom is 0.457 e. The second-order valence-corrected chi connectivity index (χ2v) is 5.62. The van der Waals surface area contributed by atoms with Crippen molar-refractivity contribution in [1.82, 2.24) is 0 Å². The van der Waals surface area contributed by atoms with Crippen molar-refractivity contribution >= 4 is 6.75 Å². The van der Waals surface area contributed by atoms with Gasteiger partial charge in [-0.2, -0.15) is 0 Å². The summed E-state index contributed by atoms with van der Waals surface area (Å²) >= 11 is 0.